The quantitative estimate of drug-likeness (QED) is 0.783. The molecule has 2 aromatic rings. The molecule has 1 saturated heterocycles. The fourth-order valence-electron chi connectivity index (χ4n) is 3.49. The van der Waals surface area contributed by atoms with E-state index < -0.39 is 6.04 Å². The van der Waals surface area contributed by atoms with Gasteiger partial charge in [0.25, 0.3) is 0 Å². The first-order valence-corrected chi connectivity index (χ1v) is 10.5. The summed E-state index contributed by atoms with van der Waals surface area (Å²) in [6.45, 7) is 3.44. The molecule has 29 heavy (non-hydrogen) atoms. The molecule has 2 amide bonds. The van der Waals surface area contributed by atoms with Gasteiger partial charge in [-0.15, -0.1) is 11.8 Å². The molecule has 7 heteroatoms. The molecule has 0 saturated carbocycles. The fourth-order valence-corrected chi connectivity index (χ4v) is 4.96. The molecule has 0 bridgehead atoms. The number of hydrogen-bond acceptors (Lipinski definition) is 5. The van der Waals surface area contributed by atoms with Gasteiger partial charge in [-0.3, -0.25) is 9.59 Å². The van der Waals surface area contributed by atoms with E-state index in [2.05, 4.69) is 5.32 Å². The second-order valence-corrected chi connectivity index (χ2v) is 8.00. The number of hydrogen-bond donors (Lipinski definition) is 1. The average Bonchev–Trinajstić information content (AvgIpc) is 3.19. The molecule has 6 nitrogen and oxygen atoms in total. The number of nitrogens with one attached hydrogen (secondary N) is 1. The fraction of sp³-hybridized carbons (Fsp3) is 0.364. The molecule has 154 valence electrons. The maximum absolute atomic E-state index is 13.0. The Labute approximate surface area is 175 Å². The third kappa shape index (κ3) is 4.50. The normalized spacial score (nSPS) is 19.5. The van der Waals surface area contributed by atoms with E-state index in [1.165, 1.54) is 6.92 Å². The van der Waals surface area contributed by atoms with E-state index in [1.807, 2.05) is 55.5 Å². The van der Waals surface area contributed by atoms with Gasteiger partial charge in [-0.2, -0.15) is 0 Å². The standard InChI is InChI=1S/C22H26N2O4S/c1-14(16-8-6-5-7-9-16)23-21(26)18-13-29-22(24(18)15(2)25)17-10-11-19(27-3)20(12-17)28-4/h5-12,14,18,22H,13H2,1-4H3,(H,23,26)/t14-,18-,22-/m1/s1. The number of carbonyl (C=O) groups excluding carboxylic acids is 2. The highest BCUT2D eigenvalue weighted by Gasteiger charge is 2.41. The molecule has 0 radical (unpaired) electrons. The van der Waals surface area contributed by atoms with Crippen LogP contribution in [0.4, 0.5) is 0 Å². The van der Waals surface area contributed by atoms with E-state index in [4.69, 9.17) is 9.47 Å². The molecule has 0 unspecified atom stereocenters. The van der Waals surface area contributed by atoms with Gasteiger partial charge in [-0.25, -0.2) is 0 Å². The van der Waals surface area contributed by atoms with Crippen LogP contribution in [0.15, 0.2) is 48.5 Å². The van der Waals surface area contributed by atoms with Gasteiger partial charge in [-0.05, 0) is 30.2 Å². The number of benzene rings is 2. The number of ether oxygens (including phenoxy) is 2. The van der Waals surface area contributed by atoms with Crippen molar-refractivity contribution < 1.29 is 19.1 Å². The summed E-state index contributed by atoms with van der Waals surface area (Å²) in [5.41, 5.74) is 1.92. The van der Waals surface area contributed by atoms with Gasteiger partial charge in [0.1, 0.15) is 11.4 Å². The maximum atomic E-state index is 13.0. The Morgan fingerprint density at radius 2 is 1.79 bits per heavy atom. The van der Waals surface area contributed by atoms with E-state index in [1.54, 1.807) is 30.9 Å². The van der Waals surface area contributed by atoms with Crippen molar-refractivity contribution in [1.29, 1.82) is 0 Å². The molecular formula is C22H26N2O4S. The predicted octanol–water partition coefficient (Wildman–Crippen LogP) is 3.54. The van der Waals surface area contributed by atoms with Crippen LogP contribution in [0.2, 0.25) is 0 Å². The Kier molecular flexibility index (Phi) is 6.69. The summed E-state index contributed by atoms with van der Waals surface area (Å²) in [6.07, 6.45) is 0. The monoisotopic (exact) mass is 414 g/mol. The first-order valence-electron chi connectivity index (χ1n) is 9.44. The van der Waals surface area contributed by atoms with Crippen molar-refractivity contribution in [3.8, 4) is 11.5 Å². The molecule has 0 aliphatic carbocycles. The summed E-state index contributed by atoms with van der Waals surface area (Å²) in [5, 5.41) is 2.79. The molecule has 2 aromatic carbocycles. The highest BCUT2D eigenvalue weighted by Crippen LogP contribution is 2.43. The van der Waals surface area contributed by atoms with Crippen LogP contribution in [-0.4, -0.2) is 42.7 Å². The van der Waals surface area contributed by atoms with E-state index in [0.29, 0.717) is 17.3 Å². The number of rotatable bonds is 6. The van der Waals surface area contributed by atoms with Crippen molar-refractivity contribution in [2.75, 3.05) is 20.0 Å². The molecule has 1 N–H and O–H groups in total. The molecule has 3 rings (SSSR count). The first-order chi connectivity index (χ1) is 14.0. The highest BCUT2D eigenvalue weighted by atomic mass is 32.2. The minimum Gasteiger partial charge on any atom is -0.493 e. The zero-order chi connectivity index (χ0) is 21.0. The zero-order valence-corrected chi connectivity index (χ0v) is 17.9. The van der Waals surface area contributed by atoms with Gasteiger partial charge in [0.15, 0.2) is 11.5 Å². The smallest absolute Gasteiger partial charge is 0.244 e. The van der Waals surface area contributed by atoms with Gasteiger partial charge >= 0.3 is 0 Å². The van der Waals surface area contributed by atoms with Gasteiger partial charge in [0.05, 0.1) is 20.3 Å². The van der Waals surface area contributed by atoms with Crippen LogP contribution >= 0.6 is 11.8 Å². The summed E-state index contributed by atoms with van der Waals surface area (Å²) in [4.78, 5) is 27.1. The van der Waals surface area contributed by atoms with Crippen LogP contribution in [0, 0.1) is 0 Å². The lowest BCUT2D eigenvalue weighted by atomic mass is 10.1. The summed E-state index contributed by atoms with van der Waals surface area (Å²) in [5.74, 6) is 1.47. The number of carbonyl (C=O) groups is 2. The van der Waals surface area contributed by atoms with Gasteiger partial charge in [0, 0.05) is 12.7 Å². The molecule has 3 atom stereocenters. The van der Waals surface area contributed by atoms with Gasteiger partial charge < -0.3 is 19.7 Å². The van der Waals surface area contributed by atoms with Crippen molar-refractivity contribution >= 4 is 23.6 Å². The molecule has 1 aliphatic rings. The molecule has 1 fully saturated rings. The summed E-state index contributed by atoms with van der Waals surface area (Å²) < 4.78 is 10.7. The van der Waals surface area contributed by atoms with Crippen molar-refractivity contribution in [3.05, 3.63) is 59.7 Å². The van der Waals surface area contributed by atoms with Crippen molar-refractivity contribution in [2.45, 2.75) is 31.3 Å². The second kappa shape index (κ2) is 9.22. The summed E-state index contributed by atoms with van der Waals surface area (Å²) >= 11 is 1.57. The van der Waals surface area contributed by atoms with Crippen LogP contribution < -0.4 is 14.8 Å². The number of methoxy groups -OCH3 is 2. The lowest BCUT2D eigenvalue weighted by molar-refractivity contribution is -0.138. The van der Waals surface area contributed by atoms with Crippen molar-refractivity contribution in [1.82, 2.24) is 10.2 Å². The Balaban J connectivity index is 1.80. The Hall–Kier alpha value is -2.67. The van der Waals surface area contributed by atoms with E-state index >= 15 is 0 Å². The third-order valence-electron chi connectivity index (χ3n) is 5.02. The Morgan fingerprint density at radius 1 is 1.10 bits per heavy atom. The molecule has 1 heterocycles. The van der Waals surface area contributed by atoms with Crippen LogP contribution in [0.25, 0.3) is 0 Å². The molecule has 0 spiro atoms. The summed E-state index contributed by atoms with van der Waals surface area (Å²) in [7, 11) is 3.16. The SMILES string of the molecule is COc1ccc([C@H]2SC[C@H](C(=O)N[C@H](C)c3ccccc3)N2C(C)=O)cc1OC. The predicted molar refractivity (Wildman–Crippen MR) is 114 cm³/mol. The van der Waals surface area contributed by atoms with Crippen molar-refractivity contribution in [2.24, 2.45) is 0 Å². The highest BCUT2D eigenvalue weighted by molar-refractivity contribution is 7.99. The number of nitrogens with zero attached hydrogens (tertiary/aromatic N) is 1. The third-order valence-corrected chi connectivity index (χ3v) is 6.34. The lowest BCUT2D eigenvalue weighted by Crippen LogP contribution is -2.47. The van der Waals surface area contributed by atoms with Crippen molar-refractivity contribution in [3.63, 3.8) is 0 Å². The maximum Gasteiger partial charge on any atom is 0.244 e. The van der Waals surface area contributed by atoms with E-state index in [9.17, 15) is 9.59 Å². The van der Waals surface area contributed by atoms with Gasteiger partial charge in [-0.1, -0.05) is 36.4 Å². The minimum atomic E-state index is -0.526. The number of amides is 2. The van der Waals surface area contributed by atoms with Crippen LogP contribution in [0.1, 0.15) is 36.4 Å². The minimum absolute atomic E-state index is 0.136. The molecular weight excluding hydrogens is 388 g/mol. The second-order valence-electron chi connectivity index (χ2n) is 6.88. The van der Waals surface area contributed by atoms with E-state index in [-0.39, 0.29) is 23.2 Å². The topological polar surface area (TPSA) is 67.9 Å². The van der Waals surface area contributed by atoms with E-state index in [0.717, 1.165) is 11.1 Å². The lowest BCUT2D eigenvalue weighted by Gasteiger charge is -2.29. The van der Waals surface area contributed by atoms with Crippen LogP contribution in [0.5, 0.6) is 11.5 Å². The van der Waals surface area contributed by atoms with Gasteiger partial charge in [0.2, 0.25) is 11.8 Å². The Morgan fingerprint density at radius 3 is 2.41 bits per heavy atom. The zero-order valence-electron chi connectivity index (χ0n) is 17.0. The molecule has 0 aromatic heterocycles. The van der Waals surface area contributed by atoms with Crippen LogP contribution in [-0.2, 0) is 9.59 Å². The molecule has 1 aliphatic heterocycles. The van der Waals surface area contributed by atoms with Crippen LogP contribution in [0.3, 0.4) is 0 Å². The summed E-state index contributed by atoms with van der Waals surface area (Å²) in [6, 6.07) is 14.7. The number of thioether (sulfide) groups is 1. The Bertz CT molecular complexity index is 874. The first kappa shape index (κ1) is 21.0. The average molecular weight is 415 g/mol. The largest absolute Gasteiger partial charge is 0.493 e.